The summed E-state index contributed by atoms with van der Waals surface area (Å²) in [6.45, 7) is 2.24. The molecule has 3 aromatic rings. The van der Waals surface area contributed by atoms with Crippen LogP contribution in [-0.4, -0.2) is 16.0 Å². The summed E-state index contributed by atoms with van der Waals surface area (Å²) in [5.74, 6) is 0.848. The standard InChI is InChI=1S/C22H16ClNO3S/c1-14-4-2-5-15(10-14)13-24-21(25)20(28-22(24)26)12-18-8-9-19(27-18)16-6-3-7-17(23)11-16/h2-12H,13H2,1H3/b20-12-. The first-order chi connectivity index (χ1) is 13.5. The summed E-state index contributed by atoms with van der Waals surface area (Å²) in [6.07, 6.45) is 1.61. The van der Waals surface area contributed by atoms with Gasteiger partial charge in [-0.15, -0.1) is 0 Å². The Morgan fingerprint density at radius 3 is 2.68 bits per heavy atom. The molecule has 0 spiro atoms. The zero-order chi connectivity index (χ0) is 19.7. The van der Waals surface area contributed by atoms with E-state index in [2.05, 4.69) is 0 Å². The van der Waals surface area contributed by atoms with E-state index in [9.17, 15) is 9.59 Å². The van der Waals surface area contributed by atoms with E-state index in [1.54, 1.807) is 24.3 Å². The molecule has 1 aromatic heterocycles. The van der Waals surface area contributed by atoms with Crippen LogP contribution in [0.15, 0.2) is 70.0 Å². The number of hydrogen-bond acceptors (Lipinski definition) is 4. The molecular formula is C22H16ClNO3S. The van der Waals surface area contributed by atoms with E-state index < -0.39 is 0 Å². The number of aryl methyl sites for hydroxylation is 1. The zero-order valence-electron chi connectivity index (χ0n) is 15.0. The summed E-state index contributed by atoms with van der Waals surface area (Å²) in [4.78, 5) is 26.6. The third-order valence-electron chi connectivity index (χ3n) is 4.31. The normalized spacial score (nSPS) is 15.6. The molecular weight excluding hydrogens is 394 g/mol. The predicted octanol–water partition coefficient (Wildman–Crippen LogP) is 6.14. The van der Waals surface area contributed by atoms with Crippen molar-refractivity contribution in [2.24, 2.45) is 0 Å². The van der Waals surface area contributed by atoms with Gasteiger partial charge in [-0.1, -0.05) is 53.6 Å². The lowest BCUT2D eigenvalue weighted by Gasteiger charge is -2.12. The summed E-state index contributed by atoms with van der Waals surface area (Å²) in [5, 5.41) is 0.340. The summed E-state index contributed by atoms with van der Waals surface area (Å²) >= 11 is 6.95. The van der Waals surface area contributed by atoms with Crippen molar-refractivity contribution >= 4 is 40.6 Å². The van der Waals surface area contributed by atoms with Gasteiger partial charge in [-0.05, 0) is 48.5 Å². The fourth-order valence-electron chi connectivity index (χ4n) is 2.99. The minimum absolute atomic E-state index is 0.260. The van der Waals surface area contributed by atoms with Crippen LogP contribution in [0.5, 0.6) is 0 Å². The van der Waals surface area contributed by atoms with Crippen LogP contribution in [0.4, 0.5) is 4.79 Å². The molecule has 2 aromatic carbocycles. The first kappa shape index (κ1) is 18.6. The van der Waals surface area contributed by atoms with E-state index in [1.165, 1.54) is 4.90 Å². The zero-order valence-corrected chi connectivity index (χ0v) is 16.6. The van der Waals surface area contributed by atoms with Crippen LogP contribution in [0.2, 0.25) is 5.02 Å². The van der Waals surface area contributed by atoms with Gasteiger partial charge in [0, 0.05) is 16.7 Å². The van der Waals surface area contributed by atoms with Crippen molar-refractivity contribution in [1.82, 2.24) is 4.90 Å². The lowest BCUT2D eigenvalue weighted by molar-refractivity contribution is -0.123. The van der Waals surface area contributed by atoms with Gasteiger partial charge in [0.25, 0.3) is 11.1 Å². The third-order valence-corrected chi connectivity index (χ3v) is 5.45. The largest absolute Gasteiger partial charge is 0.457 e. The minimum atomic E-state index is -0.308. The first-order valence-corrected chi connectivity index (χ1v) is 9.86. The molecule has 28 heavy (non-hydrogen) atoms. The van der Waals surface area contributed by atoms with Gasteiger partial charge in [0.05, 0.1) is 11.4 Å². The second kappa shape index (κ2) is 7.70. The van der Waals surface area contributed by atoms with Gasteiger partial charge < -0.3 is 4.42 Å². The van der Waals surface area contributed by atoms with E-state index in [1.807, 2.05) is 49.4 Å². The van der Waals surface area contributed by atoms with Crippen LogP contribution in [0, 0.1) is 6.92 Å². The maximum absolute atomic E-state index is 12.7. The molecule has 2 heterocycles. The van der Waals surface area contributed by atoms with Crippen molar-refractivity contribution in [3.05, 3.63) is 87.5 Å². The number of furan rings is 1. The summed E-state index contributed by atoms with van der Waals surface area (Å²) in [5.41, 5.74) is 2.86. The summed E-state index contributed by atoms with van der Waals surface area (Å²) < 4.78 is 5.81. The molecule has 0 unspecified atom stereocenters. The lowest BCUT2D eigenvalue weighted by atomic mass is 10.1. The number of halogens is 1. The Morgan fingerprint density at radius 1 is 1.07 bits per heavy atom. The molecule has 0 aliphatic carbocycles. The van der Waals surface area contributed by atoms with E-state index in [4.69, 9.17) is 16.0 Å². The molecule has 1 fully saturated rings. The van der Waals surface area contributed by atoms with E-state index in [0.717, 1.165) is 28.5 Å². The molecule has 0 N–H and O–H groups in total. The van der Waals surface area contributed by atoms with Gasteiger partial charge in [-0.2, -0.15) is 0 Å². The fourth-order valence-corrected chi connectivity index (χ4v) is 3.99. The number of benzene rings is 2. The monoisotopic (exact) mass is 409 g/mol. The van der Waals surface area contributed by atoms with Gasteiger partial charge in [-0.3, -0.25) is 14.5 Å². The predicted molar refractivity (Wildman–Crippen MR) is 112 cm³/mol. The highest BCUT2D eigenvalue weighted by molar-refractivity contribution is 8.18. The average Bonchev–Trinajstić information content (AvgIpc) is 3.23. The Labute approximate surface area is 171 Å². The number of amides is 2. The topological polar surface area (TPSA) is 50.5 Å². The number of rotatable bonds is 4. The highest BCUT2D eigenvalue weighted by atomic mass is 35.5. The highest BCUT2D eigenvalue weighted by Gasteiger charge is 2.35. The minimum Gasteiger partial charge on any atom is -0.457 e. The Bertz CT molecular complexity index is 1100. The van der Waals surface area contributed by atoms with Gasteiger partial charge in [0.15, 0.2) is 0 Å². The Morgan fingerprint density at radius 2 is 1.89 bits per heavy atom. The summed E-state index contributed by atoms with van der Waals surface area (Å²) in [7, 11) is 0. The van der Waals surface area contributed by atoms with E-state index in [0.29, 0.717) is 21.4 Å². The van der Waals surface area contributed by atoms with Crippen LogP contribution >= 0.6 is 23.4 Å². The molecule has 1 aliphatic heterocycles. The maximum Gasteiger partial charge on any atom is 0.293 e. The van der Waals surface area contributed by atoms with Crippen LogP contribution in [0.1, 0.15) is 16.9 Å². The molecule has 4 rings (SSSR count). The smallest absolute Gasteiger partial charge is 0.293 e. The molecule has 2 amide bonds. The van der Waals surface area contributed by atoms with Gasteiger partial charge in [0.2, 0.25) is 0 Å². The Hall–Kier alpha value is -2.76. The molecule has 0 bridgehead atoms. The van der Waals surface area contributed by atoms with Gasteiger partial charge in [0.1, 0.15) is 11.5 Å². The number of carbonyl (C=O) groups is 2. The SMILES string of the molecule is Cc1cccc(CN2C(=O)S/C(=C\c3ccc(-c4cccc(Cl)c4)o3)C2=O)c1. The van der Waals surface area contributed by atoms with Crippen molar-refractivity contribution in [3.63, 3.8) is 0 Å². The van der Waals surface area contributed by atoms with Gasteiger partial charge >= 0.3 is 0 Å². The van der Waals surface area contributed by atoms with E-state index >= 15 is 0 Å². The molecule has 1 aliphatic rings. The quantitative estimate of drug-likeness (QED) is 0.485. The van der Waals surface area contributed by atoms with Crippen LogP contribution in [0.25, 0.3) is 17.4 Å². The lowest BCUT2D eigenvalue weighted by Crippen LogP contribution is -2.27. The van der Waals surface area contributed by atoms with Crippen molar-refractivity contribution < 1.29 is 14.0 Å². The average molecular weight is 410 g/mol. The van der Waals surface area contributed by atoms with E-state index in [-0.39, 0.29) is 17.7 Å². The Kier molecular flexibility index (Phi) is 5.11. The number of nitrogens with zero attached hydrogens (tertiary/aromatic N) is 1. The number of thioether (sulfide) groups is 1. The first-order valence-electron chi connectivity index (χ1n) is 8.66. The molecule has 140 valence electrons. The third kappa shape index (κ3) is 3.91. The summed E-state index contributed by atoms with van der Waals surface area (Å²) in [6, 6.07) is 18.7. The van der Waals surface area contributed by atoms with Crippen molar-refractivity contribution in [1.29, 1.82) is 0 Å². The highest BCUT2D eigenvalue weighted by Crippen LogP contribution is 2.34. The molecule has 4 nitrogen and oxygen atoms in total. The van der Waals surface area contributed by atoms with Crippen LogP contribution in [0.3, 0.4) is 0 Å². The number of hydrogen-bond donors (Lipinski definition) is 0. The second-order valence-electron chi connectivity index (χ2n) is 6.47. The fraction of sp³-hybridized carbons (Fsp3) is 0.0909. The second-order valence-corrected chi connectivity index (χ2v) is 7.90. The maximum atomic E-state index is 12.7. The van der Waals surface area contributed by atoms with Crippen LogP contribution < -0.4 is 0 Å². The Balaban J connectivity index is 1.54. The van der Waals surface area contributed by atoms with Crippen LogP contribution in [-0.2, 0) is 11.3 Å². The van der Waals surface area contributed by atoms with Gasteiger partial charge in [-0.25, -0.2) is 0 Å². The van der Waals surface area contributed by atoms with Crippen molar-refractivity contribution in [2.45, 2.75) is 13.5 Å². The molecule has 0 radical (unpaired) electrons. The van der Waals surface area contributed by atoms with Crippen molar-refractivity contribution in [3.8, 4) is 11.3 Å². The number of carbonyl (C=O) groups excluding carboxylic acids is 2. The van der Waals surface area contributed by atoms with Crippen molar-refractivity contribution in [2.75, 3.05) is 0 Å². The molecule has 1 saturated heterocycles. The molecule has 0 atom stereocenters. The number of imide groups is 1. The molecule has 6 heteroatoms. The molecule has 0 saturated carbocycles.